The molecule has 0 aliphatic heterocycles. The third-order valence-electron chi connectivity index (χ3n) is 3.00. The van der Waals surface area contributed by atoms with Crippen LogP contribution in [0.4, 0.5) is 10.1 Å². The van der Waals surface area contributed by atoms with Crippen LogP contribution in [0.3, 0.4) is 0 Å². The van der Waals surface area contributed by atoms with Crippen LogP contribution in [0.25, 0.3) is 10.2 Å². The molecule has 0 amide bonds. The number of nitrogen functional groups attached to an aromatic ring is 1. The first-order chi connectivity index (χ1) is 9.54. The SMILES string of the molecule is Cc1nc2cc(Oc3cccc(C)c3F)c(N)cc2s1. The molecule has 0 atom stereocenters. The fraction of sp³-hybridized carbons (Fsp3) is 0.133. The van der Waals surface area contributed by atoms with Gasteiger partial charge in [0.2, 0.25) is 0 Å². The van der Waals surface area contributed by atoms with Gasteiger partial charge in [-0.25, -0.2) is 9.37 Å². The van der Waals surface area contributed by atoms with E-state index in [2.05, 4.69) is 4.98 Å². The summed E-state index contributed by atoms with van der Waals surface area (Å²) in [6.45, 7) is 3.63. The Morgan fingerprint density at radius 3 is 2.80 bits per heavy atom. The van der Waals surface area contributed by atoms with Crippen molar-refractivity contribution < 1.29 is 9.13 Å². The molecule has 0 bridgehead atoms. The number of aryl methyl sites for hydroxylation is 2. The molecule has 0 spiro atoms. The summed E-state index contributed by atoms with van der Waals surface area (Å²) in [5.74, 6) is 0.219. The molecule has 3 rings (SSSR count). The van der Waals surface area contributed by atoms with Crippen LogP contribution >= 0.6 is 11.3 Å². The van der Waals surface area contributed by atoms with E-state index in [4.69, 9.17) is 10.5 Å². The Morgan fingerprint density at radius 2 is 2.00 bits per heavy atom. The lowest BCUT2D eigenvalue weighted by Crippen LogP contribution is -1.95. The van der Waals surface area contributed by atoms with Crippen molar-refractivity contribution in [3.05, 3.63) is 46.7 Å². The highest BCUT2D eigenvalue weighted by atomic mass is 32.1. The summed E-state index contributed by atoms with van der Waals surface area (Å²) in [6, 6.07) is 8.57. The number of anilines is 1. The monoisotopic (exact) mass is 288 g/mol. The van der Waals surface area contributed by atoms with E-state index in [1.165, 1.54) is 0 Å². The minimum absolute atomic E-state index is 0.169. The van der Waals surface area contributed by atoms with E-state index in [1.807, 2.05) is 13.0 Å². The molecule has 3 nitrogen and oxygen atoms in total. The summed E-state index contributed by atoms with van der Waals surface area (Å²) < 4.78 is 20.6. The van der Waals surface area contributed by atoms with E-state index in [-0.39, 0.29) is 11.6 Å². The Labute approximate surface area is 119 Å². The van der Waals surface area contributed by atoms with Gasteiger partial charge in [-0.1, -0.05) is 12.1 Å². The molecular weight excluding hydrogens is 275 g/mol. The van der Waals surface area contributed by atoms with E-state index in [0.717, 1.165) is 15.2 Å². The first-order valence-electron chi connectivity index (χ1n) is 6.14. The lowest BCUT2D eigenvalue weighted by atomic mass is 10.2. The summed E-state index contributed by atoms with van der Waals surface area (Å²) in [5.41, 5.74) is 7.78. The number of benzene rings is 2. The topological polar surface area (TPSA) is 48.1 Å². The molecule has 2 aromatic carbocycles. The third kappa shape index (κ3) is 2.20. The quantitative estimate of drug-likeness (QED) is 0.710. The van der Waals surface area contributed by atoms with Crippen molar-refractivity contribution in [2.75, 3.05) is 5.73 Å². The van der Waals surface area contributed by atoms with E-state index in [0.29, 0.717) is 17.0 Å². The van der Waals surface area contributed by atoms with E-state index in [9.17, 15) is 4.39 Å². The van der Waals surface area contributed by atoms with Crippen LogP contribution in [-0.2, 0) is 0 Å². The number of hydrogen-bond acceptors (Lipinski definition) is 4. The number of nitrogens with zero attached hydrogens (tertiary/aromatic N) is 1. The van der Waals surface area contributed by atoms with Gasteiger partial charge in [0.15, 0.2) is 17.3 Å². The smallest absolute Gasteiger partial charge is 0.168 e. The van der Waals surface area contributed by atoms with Crippen LogP contribution in [0.5, 0.6) is 11.5 Å². The predicted molar refractivity (Wildman–Crippen MR) is 80.0 cm³/mol. The Hall–Kier alpha value is -2.14. The molecular formula is C15H13FN2OS. The van der Waals surface area contributed by atoms with Crippen molar-refractivity contribution in [2.45, 2.75) is 13.8 Å². The lowest BCUT2D eigenvalue weighted by molar-refractivity contribution is 0.442. The highest BCUT2D eigenvalue weighted by molar-refractivity contribution is 7.18. The summed E-state index contributed by atoms with van der Waals surface area (Å²) >= 11 is 1.57. The number of fused-ring (bicyclic) bond motifs is 1. The molecule has 1 heterocycles. The van der Waals surface area contributed by atoms with Crippen LogP contribution in [0.15, 0.2) is 30.3 Å². The van der Waals surface area contributed by atoms with Crippen LogP contribution < -0.4 is 10.5 Å². The zero-order valence-electron chi connectivity index (χ0n) is 11.1. The molecule has 20 heavy (non-hydrogen) atoms. The van der Waals surface area contributed by atoms with Gasteiger partial charge in [-0.15, -0.1) is 11.3 Å². The number of thiazole rings is 1. The van der Waals surface area contributed by atoms with Gasteiger partial charge in [0, 0.05) is 6.07 Å². The van der Waals surface area contributed by atoms with Crippen LogP contribution in [0.1, 0.15) is 10.6 Å². The molecule has 0 radical (unpaired) electrons. The van der Waals surface area contributed by atoms with Gasteiger partial charge < -0.3 is 10.5 Å². The van der Waals surface area contributed by atoms with Crippen LogP contribution in [0.2, 0.25) is 0 Å². The maximum atomic E-state index is 14.0. The molecule has 5 heteroatoms. The molecule has 0 fully saturated rings. The maximum Gasteiger partial charge on any atom is 0.168 e. The van der Waals surface area contributed by atoms with Gasteiger partial charge in [-0.2, -0.15) is 0 Å². The molecule has 0 saturated carbocycles. The van der Waals surface area contributed by atoms with E-state index in [1.54, 1.807) is 42.5 Å². The number of aromatic nitrogens is 1. The number of nitrogens with two attached hydrogens (primary N) is 1. The average Bonchev–Trinajstić information content (AvgIpc) is 2.74. The summed E-state index contributed by atoms with van der Waals surface area (Å²) in [7, 11) is 0. The van der Waals surface area contributed by atoms with Crippen molar-refractivity contribution in [2.24, 2.45) is 0 Å². The van der Waals surface area contributed by atoms with Crippen molar-refractivity contribution >= 4 is 27.2 Å². The van der Waals surface area contributed by atoms with Crippen LogP contribution in [-0.4, -0.2) is 4.98 Å². The Balaban J connectivity index is 2.05. The molecule has 0 aliphatic rings. The minimum Gasteiger partial charge on any atom is -0.452 e. The van der Waals surface area contributed by atoms with Gasteiger partial charge >= 0.3 is 0 Å². The molecule has 0 aliphatic carbocycles. The zero-order valence-corrected chi connectivity index (χ0v) is 11.9. The third-order valence-corrected chi connectivity index (χ3v) is 3.94. The normalized spacial score (nSPS) is 10.9. The predicted octanol–water partition coefficient (Wildman–Crippen LogP) is 4.43. The number of hydrogen-bond donors (Lipinski definition) is 1. The minimum atomic E-state index is -0.374. The van der Waals surface area contributed by atoms with Gasteiger partial charge in [0.1, 0.15) is 0 Å². The number of ether oxygens (including phenoxy) is 1. The first-order valence-corrected chi connectivity index (χ1v) is 6.96. The highest BCUT2D eigenvalue weighted by Gasteiger charge is 2.11. The number of rotatable bonds is 2. The zero-order chi connectivity index (χ0) is 14.3. The average molecular weight is 288 g/mol. The standard InChI is InChI=1S/C15H13FN2OS/c1-8-4-3-5-12(15(8)16)19-13-7-11-14(6-10(13)17)20-9(2)18-11/h3-7H,17H2,1-2H3. The summed E-state index contributed by atoms with van der Waals surface area (Å²) in [6.07, 6.45) is 0. The summed E-state index contributed by atoms with van der Waals surface area (Å²) in [4.78, 5) is 4.39. The summed E-state index contributed by atoms with van der Waals surface area (Å²) in [5, 5.41) is 0.957. The van der Waals surface area contributed by atoms with Gasteiger partial charge in [0.05, 0.1) is 20.9 Å². The Morgan fingerprint density at radius 1 is 1.20 bits per heavy atom. The fourth-order valence-electron chi connectivity index (χ4n) is 1.99. The fourth-order valence-corrected chi connectivity index (χ4v) is 2.85. The van der Waals surface area contributed by atoms with Gasteiger partial charge in [-0.3, -0.25) is 0 Å². The second-order valence-electron chi connectivity index (χ2n) is 4.58. The van der Waals surface area contributed by atoms with Gasteiger partial charge in [0.25, 0.3) is 0 Å². The van der Waals surface area contributed by atoms with Crippen molar-refractivity contribution in [1.29, 1.82) is 0 Å². The van der Waals surface area contributed by atoms with Gasteiger partial charge in [-0.05, 0) is 31.5 Å². The number of halogens is 1. The largest absolute Gasteiger partial charge is 0.452 e. The maximum absolute atomic E-state index is 14.0. The van der Waals surface area contributed by atoms with Crippen LogP contribution in [0, 0.1) is 19.7 Å². The first kappa shape index (κ1) is 12.9. The lowest BCUT2D eigenvalue weighted by Gasteiger charge is -2.10. The molecule has 2 N–H and O–H groups in total. The second-order valence-corrected chi connectivity index (χ2v) is 5.81. The molecule has 3 aromatic rings. The molecule has 1 aromatic heterocycles. The molecule has 0 unspecified atom stereocenters. The van der Waals surface area contributed by atoms with E-state index < -0.39 is 0 Å². The highest BCUT2D eigenvalue weighted by Crippen LogP contribution is 2.35. The Bertz CT molecular complexity index is 798. The second kappa shape index (κ2) is 4.76. The molecule has 102 valence electrons. The van der Waals surface area contributed by atoms with E-state index >= 15 is 0 Å². The Kier molecular flexibility index (Phi) is 3.06. The van der Waals surface area contributed by atoms with Crippen molar-refractivity contribution in [3.63, 3.8) is 0 Å². The van der Waals surface area contributed by atoms with Crippen molar-refractivity contribution in [3.8, 4) is 11.5 Å². The van der Waals surface area contributed by atoms with Crippen molar-refractivity contribution in [1.82, 2.24) is 4.98 Å². The molecule has 0 saturated heterocycles.